The average Bonchev–Trinajstić information content (AvgIpc) is 2.88. The van der Waals surface area contributed by atoms with E-state index < -0.39 is 11.6 Å². The van der Waals surface area contributed by atoms with Gasteiger partial charge >= 0.3 is 0 Å². The predicted octanol–water partition coefficient (Wildman–Crippen LogP) is 4.64. The summed E-state index contributed by atoms with van der Waals surface area (Å²) < 4.78 is 13.2. The van der Waals surface area contributed by atoms with Crippen molar-refractivity contribution in [1.82, 2.24) is 9.88 Å². The number of quaternary nitrogens is 1. The Kier molecular flexibility index (Phi) is 7.91. The van der Waals surface area contributed by atoms with Crippen molar-refractivity contribution in [3.63, 3.8) is 0 Å². The number of aromatic nitrogens is 1. The summed E-state index contributed by atoms with van der Waals surface area (Å²) in [5, 5.41) is 12.2. The number of amides is 2. The van der Waals surface area contributed by atoms with Crippen LogP contribution in [0.3, 0.4) is 0 Å². The van der Waals surface area contributed by atoms with Crippen molar-refractivity contribution < 1.29 is 23.6 Å². The number of carboxylic acid groups (broad SMARTS) is 1. The highest BCUT2D eigenvalue weighted by Crippen LogP contribution is 2.32. The van der Waals surface area contributed by atoms with Gasteiger partial charge in [0.1, 0.15) is 11.9 Å². The highest BCUT2D eigenvalue weighted by molar-refractivity contribution is 6.06. The molecule has 2 atom stereocenters. The van der Waals surface area contributed by atoms with E-state index in [1.54, 1.807) is 43.1 Å². The topological polar surface area (TPSA) is 76.6 Å². The van der Waals surface area contributed by atoms with Crippen molar-refractivity contribution in [1.29, 1.82) is 0 Å². The molecule has 2 heterocycles. The molecule has 0 radical (unpaired) electrons. The molecule has 0 N–H and O–H groups in total. The van der Waals surface area contributed by atoms with Gasteiger partial charge in [0.05, 0.1) is 35.6 Å². The molecule has 1 fully saturated rings. The highest BCUT2D eigenvalue weighted by Gasteiger charge is 2.49. The Balaban J connectivity index is 1.42. The van der Waals surface area contributed by atoms with Gasteiger partial charge in [-0.05, 0) is 88.7 Å². The molecule has 2 amide bonds. The number of piperazine rings is 1. The lowest BCUT2D eigenvalue weighted by atomic mass is 9.95. The number of rotatable bonds is 5. The third-order valence-corrected chi connectivity index (χ3v) is 8.06. The van der Waals surface area contributed by atoms with Gasteiger partial charge in [0, 0.05) is 31.4 Å². The summed E-state index contributed by atoms with van der Waals surface area (Å²) in [6.45, 7) is 12.2. The molecule has 1 aliphatic rings. The van der Waals surface area contributed by atoms with Crippen LogP contribution in [0.4, 0.5) is 14.9 Å². The Hall–Kier alpha value is -3.62. The van der Waals surface area contributed by atoms with E-state index in [0.29, 0.717) is 43.1 Å². The van der Waals surface area contributed by atoms with E-state index in [9.17, 15) is 19.1 Å². The molecule has 1 saturated heterocycles. The number of pyridine rings is 1. The monoisotopic (exact) mass is 532 g/mol. The number of carbonyl (C=O) groups excluding carboxylic acids is 2. The molecule has 0 saturated carbocycles. The molecule has 39 heavy (non-hydrogen) atoms. The van der Waals surface area contributed by atoms with Crippen molar-refractivity contribution in [3.8, 4) is 11.3 Å². The zero-order valence-corrected chi connectivity index (χ0v) is 23.6. The summed E-state index contributed by atoms with van der Waals surface area (Å²) in [6, 6.07) is 17.4. The van der Waals surface area contributed by atoms with Gasteiger partial charge in [-0.1, -0.05) is 12.1 Å². The van der Waals surface area contributed by atoms with Crippen LogP contribution in [-0.2, 0) is 6.54 Å². The number of aryl methyl sites for hydroxylation is 1. The number of hydrogen-bond acceptors (Lipinski definition) is 5. The van der Waals surface area contributed by atoms with Crippen molar-refractivity contribution in [2.24, 2.45) is 0 Å². The SMILES string of the molecule is Cc1nc(-c2ccc(F)cc2)ccc1C(=O)N(C)c1ccc(CN2CC[N+](C(=O)[O-])(C(C)(C)C)[C@@H](C)C2)cc1. The number of anilines is 1. The maximum atomic E-state index is 13.3. The molecule has 7 nitrogen and oxygen atoms in total. The minimum absolute atomic E-state index is 0.0471. The van der Waals surface area contributed by atoms with Gasteiger partial charge in [-0.3, -0.25) is 19.2 Å². The summed E-state index contributed by atoms with van der Waals surface area (Å²) in [5.74, 6) is -0.472. The number of carbonyl (C=O) groups is 2. The first-order chi connectivity index (χ1) is 18.3. The molecular formula is C31H37FN4O3. The molecule has 1 aromatic heterocycles. The van der Waals surface area contributed by atoms with E-state index in [2.05, 4.69) is 9.88 Å². The van der Waals surface area contributed by atoms with Crippen LogP contribution in [0.2, 0.25) is 0 Å². The summed E-state index contributed by atoms with van der Waals surface area (Å²) in [5.41, 5.74) is 3.98. The van der Waals surface area contributed by atoms with Gasteiger partial charge in [-0.15, -0.1) is 0 Å². The van der Waals surface area contributed by atoms with Gasteiger partial charge in [0.2, 0.25) is 0 Å². The molecule has 4 rings (SSSR count). The summed E-state index contributed by atoms with van der Waals surface area (Å²) in [4.78, 5) is 33.9. The molecule has 0 spiro atoms. The first-order valence-corrected chi connectivity index (χ1v) is 13.3. The minimum atomic E-state index is -1.01. The number of hydrogen-bond donors (Lipinski definition) is 0. The normalized spacial score (nSPS) is 20.0. The molecular weight excluding hydrogens is 495 g/mol. The second-order valence-electron chi connectivity index (χ2n) is 11.5. The van der Waals surface area contributed by atoms with Crippen LogP contribution in [0, 0.1) is 12.7 Å². The molecule has 8 heteroatoms. The van der Waals surface area contributed by atoms with Crippen LogP contribution in [0.25, 0.3) is 11.3 Å². The second-order valence-corrected chi connectivity index (χ2v) is 11.5. The van der Waals surface area contributed by atoms with Gasteiger partial charge in [0.15, 0.2) is 0 Å². The second kappa shape index (κ2) is 10.9. The maximum absolute atomic E-state index is 13.3. The Morgan fingerprint density at radius 2 is 1.72 bits per heavy atom. The van der Waals surface area contributed by atoms with Gasteiger partial charge < -0.3 is 14.8 Å². The zero-order valence-electron chi connectivity index (χ0n) is 23.6. The van der Waals surface area contributed by atoms with Crippen LogP contribution < -0.4 is 10.0 Å². The van der Waals surface area contributed by atoms with E-state index >= 15 is 0 Å². The van der Waals surface area contributed by atoms with E-state index in [4.69, 9.17) is 0 Å². The zero-order chi connectivity index (χ0) is 28.5. The van der Waals surface area contributed by atoms with E-state index in [-0.39, 0.29) is 22.2 Å². The molecule has 3 aromatic rings. The lowest BCUT2D eigenvalue weighted by Crippen LogP contribution is -2.76. The van der Waals surface area contributed by atoms with E-state index in [0.717, 1.165) is 16.8 Å². The van der Waals surface area contributed by atoms with Crippen LogP contribution in [0.5, 0.6) is 0 Å². The molecule has 1 aliphatic heterocycles. The number of nitrogens with zero attached hydrogens (tertiary/aromatic N) is 4. The first kappa shape index (κ1) is 28.4. The lowest BCUT2D eigenvalue weighted by molar-refractivity contribution is -0.943. The standard InChI is InChI=1S/C31H37FN4O3/c1-21-19-35(17-18-36(21,30(38)39)31(3,4)5)20-23-7-13-26(14-8-23)34(6)29(37)27-15-16-28(33-22(27)2)24-9-11-25(32)12-10-24/h7-16,21H,17-20H2,1-6H3/t21-,36?/m0/s1. The predicted molar refractivity (Wildman–Crippen MR) is 149 cm³/mol. The van der Waals surface area contributed by atoms with Crippen molar-refractivity contribution >= 4 is 17.7 Å². The Bertz CT molecular complexity index is 1350. The quantitative estimate of drug-likeness (QED) is 0.448. The molecule has 0 aliphatic carbocycles. The molecule has 1 unspecified atom stereocenters. The van der Waals surface area contributed by atoms with Crippen LogP contribution in [-0.4, -0.2) is 64.6 Å². The van der Waals surface area contributed by atoms with Gasteiger partial charge in [0.25, 0.3) is 12.0 Å². The van der Waals surface area contributed by atoms with Crippen molar-refractivity contribution in [2.45, 2.75) is 52.7 Å². The highest BCUT2D eigenvalue weighted by atomic mass is 19.1. The minimum Gasteiger partial charge on any atom is -0.498 e. The Morgan fingerprint density at radius 3 is 2.26 bits per heavy atom. The van der Waals surface area contributed by atoms with Gasteiger partial charge in [-0.2, -0.15) is 0 Å². The average molecular weight is 533 g/mol. The summed E-state index contributed by atoms with van der Waals surface area (Å²) in [7, 11) is 1.74. The largest absolute Gasteiger partial charge is 0.498 e. The summed E-state index contributed by atoms with van der Waals surface area (Å²) >= 11 is 0. The van der Waals surface area contributed by atoms with Crippen molar-refractivity contribution in [2.75, 3.05) is 31.6 Å². The summed E-state index contributed by atoms with van der Waals surface area (Å²) in [6.07, 6.45) is -1.01. The van der Waals surface area contributed by atoms with E-state index in [1.165, 1.54) is 12.1 Å². The lowest BCUT2D eigenvalue weighted by Gasteiger charge is -2.55. The molecule has 2 aromatic carbocycles. The molecule has 206 valence electrons. The van der Waals surface area contributed by atoms with Gasteiger partial charge in [-0.25, -0.2) is 4.39 Å². The molecule has 0 bridgehead atoms. The van der Waals surface area contributed by atoms with Crippen molar-refractivity contribution in [3.05, 3.63) is 83.3 Å². The fourth-order valence-electron chi connectivity index (χ4n) is 5.76. The maximum Gasteiger partial charge on any atom is 0.259 e. The smallest absolute Gasteiger partial charge is 0.259 e. The van der Waals surface area contributed by atoms with Crippen LogP contribution in [0.15, 0.2) is 60.7 Å². The third kappa shape index (κ3) is 5.58. The Morgan fingerprint density at radius 1 is 1.08 bits per heavy atom. The Labute approximate surface area is 230 Å². The number of benzene rings is 2. The third-order valence-electron chi connectivity index (χ3n) is 8.06. The van der Waals surface area contributed by atoms with Crippen LogP contribution >= 0.6 is 0 Å². The van der Waals surface area contributed by atoms with E-state index in [1.807, 2.05) is 52.0 Å². The fraction of sp³-hybridized carbons (Fsp3) is 0.387. The first-order valence-electron chi connectivity index (χ1n) is 13.3. The van der Waals surface area contributed by atoms with Crippen LogP contribution in [0.1, 0.15) is 49.3 Å². The fourth-order valence-corrected chi connectivity index (χ4v) is 5.76. The number of halogens is 1.